The summed E-state index contributed by atoms with van der Waals surface area (Å²) in [6.45, 7) is 0. The molecule has 96 valence electrons. The fourth-order valence-electron chi connectivity index (χ4n) is 1.28. The van der Waals surface area contributed by atoms with Crippen LogP contribution in [0.3, 0.4) is 0 Å². The largest absolute Gasteiger partial charge is 1.00 e. The number of hydrogen-bond acceptors (Lipinski definition) is 4. The third kappa shape index (κ3) is 3.93. The number of amides is 2. The molecule has 1 rings (SSSR count). The molecule has 1 aromatic rings. The zero-order valence-corrected chi connectivity index (χ0v) is 17.9. The number of benzene rings is 1. The number of primary amides is 2. The van der Waals surface area contributed by atoms with E-state index in [9.17, 15) is 19.5 Å². The Bertz CT molecular complexity index is 489. The van der Waals surface area contributed by atoms with Gasteiger partial charge in [0.2, 0.25) is 0 Å². The smallest absolute Gasteiger partial charge is 0.545 e. The second kappa shape index (κ2) is 7.72. The van der Waals surface area contributed by atoms with Crippen LogP contribution in [0.2, 0.25) is 0 Å². The monoisotopic (exact) mass is 608 g/mol. The molecule has 0 saturated carbocycles. The number of rotatable bonds is 3. The number of nitrogens with two attached hydrogens (primary N) is 2. The third-order valence-electron chi connectivity index (χ3n) is 2.01. The maximum absolute atomic E-state index is 11.3. The number of hydrogen-bond donors (Lipinski definition) is 2. The predicted octanol–water partition coefficient (Wildman–Crippen LogP) is -2.93. The molecule has 0 aliphatic heterocycles. The molecule has 0 fully saturated rings. The normalized spacial score (nSPS) is 9.63. The Balaban J connectivity index is 0.00000324. The summed E-state index contributed by atoms with van der Waals surface area (Å²) in [4.78, 5) is 33.8. The van der Waals surface area contributed by atoms with Gasteiger partial charge < -0.3 is 21.4 Å². The van der Waals surface area contributed by atoms with E-state index in [1.165, 1.54) is 0 Å². The Labute approximate surface area is 171 Å². The Morgan fingerprint density at radius 3 is 1.26 bits per heavy atom. The van der Waals surface area contributed by atoms with Crippen LogP contribution in [0.1, 0.15) is 31.1 Å². The minimum absolute atomic E-state index is 0. The van der Waals surface area contributed by atoms with Crippen molar-refractivity contribution in [2.75, 3.05) is 0 Å². The standard InChI is InChI=1S/C9H5I3N2O4.Na/c10-4-1(7(13)15)5(11)3(9(17)18)6(12)2(4)8(14)16;/h(H2,13,15)(H2,14,16)(H,17,18);/q;+1/p-1. The van der Waals surface area contributed by atoms with E-state index in [2.05, 4.69) is 0 Å². The Kier molecular flexibility index (Phi) is 8.06. The number of halogens is 3. The zero-order valence-electron chi connectivity index (χ0n) is 9.42. The van der Waals surface area contributed by atoms with E-state index in [1.807, 2.05) is 0 Å². The SMILES string of the molecule is NC(=O)c1c(I)c(C(N)=O)c(I)c(C(=O)[O-])c1I.[Na+]. The van der Waals surface area contributed by atoms with Crippen LogP contribution < -0.4 is 46.1 Å². The number of carboxylic acids is 1. The van der Waals surface area contributed by atoms with Gasteiger partial charge in [0.05, 0.1) is 17.1 Å². The van der Waals surface area contributed by atoms with Crippen LogP contribution in [0.5, 0.6) is 0 Å². The molecular weight excluding hydrogens is 604 g/mol. The molecule has 0 aliphatic rings. The van der Waals surface area contributed by atoms with E-state index in [-0.39, 0.29) is 57.0 Å². The first-order chi connectivity index (χ1) is 8.20. The van der Waals surface area contributed by atoms with Gasteiger partial charge in [0.15, 0.2) is 0 Å². The predicted molar refractivity (Wildman–Crippen MR) is 86.0 cm³/mol. The average Bonchev–Trinajstić information content (AvgIpc) is 2.14. The second-order valence-electron chi connectivity index (χ2n) is 3.08. The summed E-state index contributed by atoms with van der Waals surface area (Å²) >= 11 is 5.10. The van der Waals surface area contributed by atoms with Crippen LogP contribution in [0.15, 0.2) is 0 Å². The molecule has 0 radical (unpaired) electrons. The van der Waals surface area contributed by atoms with Crippen molar-refractivity contribution in [3.63, 3.8) is 0 Å². The summed E-state index contributed by atoms with van der Waals surface area (Å²) in [5, 5.41) is 11.1. The van der Waals surface area contributed by atoms with Crippen LogP contribution >= 0.6 is 67.8 Å². The Hall–Kier alpha value is 0.820. The summed E-state index contributed by atoms with van der Waals surface area (Å²) in [5.74, 6) is -3.15. The van der Waals surface area contributed by atoms with Gasteiger partial charge in [-0.2, -0.15) is 0 Å². The molecule has 6 nitrogen and oxygen atoms in total. The van der Waals surface area contributed by atoms with Gasteiger partial charge in [-0.25, -0.2) is 0 Å². The van der Waals surface area contributed by atoms with E-state index < -0.39 is 17.8 Å². The summed E-state index contributed by atoms with van der Waals surface area (Å²) in [6, 6.07) is 0. The second-order valence-corrected chi connectivity index (χ2v) is 6.32. The van der Waals surface area contributed by atoms with Gasteiger partial charge in [-0.1, -0.05) is 0 Å². The van der Waals surface area contributed by atoms with Crippen molar-refractivity contribution in [1.82, 2.24) is 0 Å². The van der Waals surface area contributed by atoms with Crippen LogP contribution in [0.25, 0.3) is 0 Å². The van der Waals surface area contributed by atoms with Crippen molar-refractivity contribution >= 4 is 85.6 Å². The Morgan fingerprint density at radius 1 is 0.789 bits per heavy atom. The van der Waals surface area contributed by atoms with Crippen molar-refractivity contribution in [3.05, 3.63) is 27.4 Å². The van der Waals surface area contributed by atoms with Gasteiger partial charge in [0, 0.05) is 16.3 Å². The van der Waals surface area contributed by atoms with Crippen molar-refractivity contribution < 1.29 is 49.0 Å². The van der Waals surface area contributed by atoms with Crippen molar-refractivity contribution in [3.8, 4) is 0 Å². The van der Waals surface area contributed by atoms with Crippen molar-refractivity contribution in [1.29, 1.82) is 0 Å². The van der Waals surface area contributed by atoms with E-state index in [0.29, 0.717) is 0 Å². The van der Waals surface area contributed by atoms with Gasteiger partial charge in [-0.3, -0.25) is 9.59 Å². The maximum atomic E-state index is 11.3. The summed E-state index contributed by atoms with van der Waals surface area (Å²) in [5.41, 5.74) is 10.0. The average molecular weight is 608 g/mol. The molecular formula is C9H4I3N2NaO4. The molecule has 0 heterocycles. The van der Waals surface area contributed by atoms with Gasteiger partial charge >= 0.3 is 29.6 Å². The summed E-state index contributed by atoms with van der Waals surface area (Å²) in [6.07, 6.45) is 0. The van der Waals surface area contributed by atoms with Gasteiger partial charge in [-0.15, -0.1) is 0 Å². The van der Waals surface area contributed by atoms with Crippen molar-refractivity contribution in [2.45, 2.75) is 0 Å². The minimum atomic E-state index is -1.50. The van der Waals surface area contributed by atoms with Gasteiger partial charge in [0.1, 0.15) is 0 Å². The van der Waals surface area contributed by atoms with Crippen LogP contribution in [0.4, 0.5) is 0 Å². The first-order valence-electron chi connectivity index (χ1n) is 4.21. The molecule has 0 aromatic heterocycles. The fraction of sp³-hybridized carbons (Fsp3) is 0. The molecule has 10 heteroatoms. The molecule has 1 aromatic carbocycles. The number of carbonyl (C=O) groups is 3. The van der Waals surface area contributed by atoms with Crippen LogP contribution in [-0.4, -0.2) is 17.8 Å². The molecule has 4 N–H and O–H groups in total. The first kappa shape index (κ1) is 19.8. The quantitative estimate of drug-likeness (QED) is 0.282. The van der Waals surface area contributed by atoms with E-state index >= 15 is 0 Å². The van der Waals surface area contributed by atoms with Gasteiger partial charge in [0.25, 0.3) is 11.8 Å². The van der Waals surface area contributed by atoms with Crippen molar-refractivity contribution in [2.24, 2.45) is 11.5 Å². The molecule has 0 bridgehead atoms. The zero-order chi connectivity index (χ0) is 14.2. The molecule has 0 atom stereocenters. The minimum Gasteiger partial charge on any atom is -0.545 e. The molecule has 0 unspecified atom stereocenters. The summed E-state index contributed by atoms with van der Waals surface area (Å²) < 4.78 is 0.518. The van der Waals surface area contributed by atoms with E-state index in [1.54, 1.807) is 67.8 Å². The van der Waals surface area contributed by atoms with E-state index in [4.69, 9.17) is 11.5 Å². The molecule has 0 spiro atoms. The number of carboxylic acid groups (broad SMARTS) is 1. The fourth-order valence-corrected chi connectivity index (χ4v) is 5.95. The van der Waals surface area contributed by atoms with Crippen LogP contribution in [-0.2, 0) is 0 Å². The van der Waals surface area contributed by atoms with E-state index in [0.717, 1.165) is 0 Å². The molecule has 2 amide bonds. The number of carbonyl (C=O) groups excluding carboxylic acids is 3. The summed E-state index contributed by atoms with van der Waals surface area (Å²) in [7, 11) is 0. The maximum Gasteiger partial charge on any atom is 1.00 e. The Morgan fingerprint density at radius 2 is 1.05 bits per heavy atom. The first-order valence-corrected chi connectivity index (χ1v) is 7.45. The van der Waals surface area contributed by atoms with Gasteiger partial charge in [-0.05, 0) is 67.8 Å². The number of aromatic carboxylic acids is 1. The third-order valence-corrected chi connectivity index (χ3v) is 5.25. The molecule has 0 saturated heterocycles. The van der Waals surface area contributed by atoms with Crippen LogP contribution in [0, 0.1) is 10.7 Å². The molecule has 19 heavy (non-hydrogen) atoms. The topological polar surface area (TPSA) is 126 Å². The molecule has 0 aliphatic carbocycles.